The summed E-state index contributed by atoms with van der Waals surface area (Å²) in [7, 11) is 1.74. The lowest BCUT2D eigenvalue weighted by Gasteiger charge is -2.10. The first-order valence-electron chi connectivity index (χ1n) is 5.95. The second kappa shape index (κ2) is 5.18. The Bertz CT molecular complexity index is 517. The molecule has 0 aliphatic heterocycles. The van der Waals surface area contributed by atoms with Gasteiger partial charge in [0.1, 0.15) is 18.0 Å². The number of anilines is 1. The summed E-state index contributed by atoms with van der Waals surface area (Å²) in [5.41, 5.74) is 6.46. The first-order chi connectivity index (χ1) is 8.63. The molecule has 2 rings (SSSR count). The van der Waals surface area contributed by atoms with Crippen molar-refractivity contribution in [3.05, 3.63) is 23.9 Å². The molecule has 98 valence electrons. The molecule has 0 saturated carbocycles. The summed E-state index contributed by atoms with van der Waals surface area (Å²) < 4.78 is 3.34. The molecule has 0 aliphatic rings. The SMILES string of the molecule is CCCn1ncnc1CC(O)c1cnn(C)c1N. The number of aliphatic hydroxyl groups excluding tert-OH is 1. The third-order valence-electron chi connectivity index (χ3n) is 2.88. The summed E-state index contributed by atoms with van der Waals surface area (Å²) in [6, 6.07) is 0. The number of rotatable bonds is 5. The van der Waals surface area contributed by atoms with Gasteiger partial charge in [-0.2, -0.15) is 10.2 Å². The molecule has 0 aromatic carbocycles. The molecule has 0 aliphatic carbocycles. The lowest BCUT2D eigenvalue weighted by molar-refractivity contribution is 0.174. The number of nitrogens with zero attached hydrogens (tertiary/aromatic N) is 5. The summed E-state index contributed by atoms with van der Waals surface area (Å²) in [5.74, 6) is 1.23. The van der Waals surface area contributed by atoms with Crippen LogP contribution in [-0.2, 0) is 20.0 Å². The molecule has 2 aromatic heterocycles. The van der Waals surface area contributed by atoms with Crippen LogP contribution in [0.1, 0.15) is 30.8 Å². The van der Waals surface area contributed by atoms with Crippen molar-refractivity contribution in [2.24, 2.45) is 7.05 Å². The summed E-state index contributed by atoms with van der Waals surface area (Å²) in [4.78, 5) is 4.16. The van der Waals surface area contributed by atoms with Crippen molar-refractivity contribution < 1.29 is 5.11 Å². The van der Waals surface area contributed by atoms with Crippen LogP contribution in [0.15, 0.2) is 12.5 Å². The van der Waals surface area contributed by atoms with Crippen LogP contribution in [0, 0.1) is 0 Å². The fourth-order valence-corrected chi connectivity index (χ4v) is 1.85. The second-order valence-electron chi connectivity index (χ2n) is 4.23. The van der Waals surface area contributed by atoms with Crippen molar-refractivity contribution >= 4 is 5.82 Å². The van der Waals surface area contributed by atoms with Crippen LogP contribution >= 0.6 is 0 Å². The zero-order valence-electron chi connectivity index (χ0n) is 10.6. The van der Waals surface area contributed by atoms with E-state index in [1.54, 1.807) is 17.9 Å². The van der Waals surface area contributed by atoms with E-state index in [0.29, 0.717) is 17.8 Å². The van der Waals surface area contributed by atoms with Crippen molar-refractivity contribution in [3.63, 3.8) is 0 Å². The maximum absolute atomic E-state index is 10.2. The summed E-state index contributed by atoms with van der Waals surface area (Å²) >= 11 is 0. The number of aryl methyl sites for hydroxylation is 2. The van der Waals surface area contributed by atoms with Crippen LogP contribution in [0.4, 0.5) is 5.82 Å². The maximum atomic E-state index is 10.2. The number of nitrogen functional groups attached to an aromatic ring is 1. The Hall–Kier alpha value is -1.89. The van der Waals surface area contributed by atoms with Crippen LogP contribution in [0.25, 0.3) is 0 Å². The van der Waals surface area contributed by atoms with Crippen molar-refractivity contribution in [2.45, 2.75) is 32.4 Å². The molecule has 0 amide bonds. The van der Waals surface area contributed by atoms with Gasteiger partial charge in [-0.05, 0) is 6.42 Å². The average molecular weight is 250 g/mol. The molecule has 7 nitrogen and oxygen atoms in total. The Balaban J connectivity index is 2.13. The lowest BCUT2D eigenvalue weighted by Crippen LogP contribution is -2.11. The molecule has 0 radical (unpaired) electrons. The van der Waals surface area contributed by atoms with Crippen molar-refractivity contribution in [1.82, 2.24) is 24.5 Å². The fraction of sp³-hybridized carbons (Fsp3) is 0.545. The molecule has 0 saturated heterocycles. The first kappa shape index (κ1) is 12.6. The molecule has 3 N–H and O–H groups in total. The van der Waals surface area contributed by atoms with Gasteiger partial charge in [0.05, 0.1) is 12.3 Å². The number of aromatic nitrogens is 5. The van der Waals surface area contributed by atoms with Gasteiger partial charge >= 0.3 is 0 Å². The maximum Gasteiger partial charge on any atom is 0.138 e. The predicted octanol–water partition coefficient (Wildman–Crippen LogP) is 0.280. The highest BCUT2D eigenvalue weighted by Gasteiger charge is 2.17. The molecule has 1 atom stereocenters. The van der Waals surface area contributed by atoms with Gasteiger partial charge in [0, 0.05) is 25.6 Å². The lowest BCUT2D eigenvalue weighted by atomic mass is 10.1. The van der Waals surface area contributed by atoms with Gasteiger partial charge in [-0.25, -0.2) is 4.98 Å². The van der Waals surface area contributed by atoms with E-state index in [-0.39, 0.29) is 0 Å². The first-order valence-corrected chi connectivity index (χ1v) is 5.95. The van der Waals surface area contributed by atoms with Gasteiger partial charge in [-0.15, -0.1) is 0 Å². The van der Waals surface area contributed by atoms with Gasteiger partial charge in [0.15, 0.2) is 0 Å². The normalized spacial score (nSPS) is 12.8. The third-order valence-corrected chi connectivity index (χ3v) is 2.88. The minimum atomic E-state index is -0.710. The van der Waals surface area contributed by atoms with Crippen LogP contribution in [0.2, 0.25) is 0 Å². The highest BCUT2D eigenvalue weighted by Crippen LogP contribution is 2.22. The van der Waals surface area contributed by atoms with Gasteiger partial charge in [0.2, 0.25) is 0 Å². The number of aliphatic hydroxyl groups is 1. The van der Waals surface area contributed by atoms with Crippen LogP contribution in [0.3, 0.4) is 0 Å². The second-order valence-corrected chi connectivity index (χ2v) is 4.23. The Morgan fingerprint density at radius 3 is 2.83 bits per heavy atom. The molecule has 2 heterocycles. The molecular weight excluding hydrogens is 232 g/mol. The Labute approximate surface area is 105 Å². The molecule has 1 unspecified atom stereocenters. The Morgan fingerprint density at radius 2 is 2.22 bits per heavy atom. The van der Waals surface area contributed by atoms with Gasteiger partial charge < -0.3 is 10.8 Å². The summed E-state index contributed by atoms with van der Waals surface area (Å²) in [6.45, 7) is 2.87. The van der Waals surface area contributed by atoms with E-state index in [2.05, 4.69) is 22.1 Å². The van der Waals surface area contributed by atoms with Gasteiger partial charge in [-0.3, -0.25) is 9.36 Å². The van der Waals surface area contributed by atoms with Crippen molar-refractivity contribution in [2.75, 3.05) is 5.73 Å². The Morgan fingerprint density at radius 1 is 1.44 bits per heavy atom. The molecule has 0 bridgehead atoms. The van der Waals surface area contributed by atoms with E-state index >= 15 is 0 Å². The quantitative estimate of drug-likeness (QED) is 0.794. The molecule has 2 aromatic rings. The van der Waals surface area contributed by atoms with E-state index in [9.17, 15) is 5.11 Å². The van der Waals surface area contributed by atoms with Crippen LogP contribution in [-0.4, -0.2) is 29.7 Å². The number of nitrogens with two attached hydrogens (primary N) is 1. The average Bonchev–Trinajstić information content (AvgIpc) is 2.89. The molecular formula is C11H18N6O. The summed E-state index contributed by atoms with van der Waals surface area (Å²) in [6.07, 6.45) is 3.74. The van der Waals surface area contributed by atoms with Gasteiger partial charge in [-0.1, -0.05) is 6.92 Å². The van der Waals surface area contributed by atoms with Crippen molar-refractivity contribution in [3.8, 4) is 0 Å². The third kappa shape index (κ3) is 2.35. The van der Waals surface area contributed by atoms with E-state index in [0.717, 1.165) is 18.8 Å². The minimum absolute atomic E-state index is 0.385. The number of hydrogen-bond donors (Lipinski definition) is 2. The van der Waals surface area contributed by atoms with Crippen molar-refractivity contribution in [1.29, 1.82) is 0 Å². The topological polar surface area (TPSA) is 94.8 Å². The standard InChI is InChI=1S/C11H18N6O/c1-3-4-17-10(13-7-15-17)5-9(18)8-6-14-16(2)11(8)12/h6-7,9,18H,3-5,12H2,1-2H3. The molecule has 18 heavy (non-hydrogen) atoms. The smallest absolute Gasteiger partial charge is 0.138 e. The monoisotopic (exact) mass is 250 g/mol. The van der Waals surface area contributed by atoms with E-state index in [1.165, 1.54) is 11.0 Å². The summed E-state index contributed by atoms with van der Waals surface area (Å²) in [5, 5.41) is 18.3. The highest BCUT2D eigenvalue weighted by atomic mass is 16.3. The fourth-order valence-electron chi connectivity index (χ4n) is 1.85. The van der Waals surface area contributed by atoms with E-state index < -0.39 is 6.10 Å². The minimum Gasteiger partial charge on any atom is -0.388 e. The molecule has 7 heteroatoms. The van der Waals surface area contributed by atoms with E-state index in [4.69, 9.17) is 5.73 Å². The predicted molar refractivity (Wildman–Crippen MR) is 66.6 cm³/mol. The Kier molecular flexibility index (Phi) is 3.61. The van der Waals surface area contributed by atoms with E-state index in [1.807, 2.05) is 0 Å². The molecule has 0 fully saturated rings. The van der Waals surface area contributed by atoms with Gasteiger partial charge in [0.25, 0.3) is 0 Å². The number of hydrogen-bond acceptors (Lipinski definition) is 5. The largest absolute Gasteiger partial charge is 0.388 e. The van der Waals surface area contributed by atoms with Crippen LogP contribution in [0.5, 0.6) is 0 Å². The zero-order valence-corrected chi connectivity index (χ0v) is 10.6. The zero-order chi connectivity index (χ0) is 13.1. The van der Waals surface area contributed by atoms with Crippen LogP contribution < -0.4 is 5.73 Å². The highest BCUT2D eigenvalue weighted by molar-refractivity contribution is 5.40. The molecule has 0 spiro atoms.